The zero-order valence-corrected chi connectivity index (χ0v) is 15.5. The number of methoxy groups -OCH3 is 1. The monoisotopic (exact) mass is 376 g/mol. The van der Waals surface area contributed by atoms with E-state index in [9.17, 15) is 18.0 Å². The van der Waals surface area contributed by atoms with Gasteiger partial charge in [-0.25, -0.2) is 13.2 Å². The highest BCUT2D eigenvalue weighted by Crippen LogP contribution is 2.20. The Morgan fingerprint density at radius 2 is 1.77 bits per heavy atom. The Labute approximate surface area is 152 Å². The van der Waals surface area contributed by atoms with E-state index in [1.165, 1.54) is 31.4 Å². The second-order valence-corrected chi connectivity index (χ2v) is 7.63. The van der Waals surface area contributed by atoms with E-state index in [0.717, 1.165) is 16.1 Å². The predicted octanol–water partition coefficient (Wildman–Crippen LogP) is 2.19. The number of carbonyl (C=O) groups excluding carboxylic acids is 2. The molecule has 7 nitrogen and oxygen atoms in total. The van der Waals surface area contributed by atoms with E-state index >= 15 is 0 Å². The van der Waals surface area contributed by atoms with Gasteiger partial charge in [0.1, 0.15) is 6.54 Å². The lowest BCUT2D eigenvalue weighted by atomic mass is 10.2. The molecule has 2 rings (SSSR count). The molecule has 8 heteroatoms. The highest BCUT2D eigenvalue weighted by Gasteiger charge is 2.22. The van der Waals surface area contributed by atoms with Gasteiger partial charge < -0.3 is 10.1 Å². The number of benzene rings is 2. The van der Waals surface area contributed by atoms with Crippen molar-refractivity contribution in [1.29, 1.82) is 0 Å². The molecule has 0 radical (unpaired) electrons. The molecule has 1 amide bonds. The molecule has 0 spiro atoms. The summed E-state index contributed by atoms with van der Waals surface area (Å²) in [6.45, 7) is 1.50. The fraction of sp³-hybridized carbons (Fsp3) is 0.222. The van der Waals surface area contributed by atoms with Crippen molar-refractivity contribution in [3.05, 3.63) is 59.7 Å². The van der Waals surface area contributed by atoms with Crippen molar-refractivity contribution in [3.8, 4) is 0 Å². The molecule has 0 saturated heterocycles. The zero-order valence-electron chi connectivity index (χ0n) is 14.7. The molecule has 0 aliphatic heterocycles. The van der Waals surface area contributed by atoms with E-state index in [1.54, 1.807) is 12.1 Å². The summed E-state index contributed by atoms with van der Waals surface area (Å²) in [5.41, 5.74) is 2.00. The number of ether oxygens (including phenoxy) is 1. The smallest absolute Gasteiger partial charge is 0.337 e. The molecule has 26 heavy (non-hydrogen) atoms. The fourth-order valence-corrected chi connectivity index (χ4v) is 3.12. The summed E-state index contributed by atoms with van der Waals surface area (Å²) in [7, 11) is -2.51. The SMILES string of the molecule is COC(=O)c1cccc(N(CC(=O)Nc2ccc(C)cc2)S(C)(=O)=O)c1. The van der Waals surface area contributed by atoms with Crippen LogP contribution >= 0.6 is 0 Å². The van der Waals surface area contributed by atoms with Crippen molar-refractivity contribution in [3.63, 3.8) is 0 Å². The van der Waals surface area contributed by atoms with Crippen molar-refractivity contribution in [2.75, 3.05) is 29.5 Å². The maximum Gasteiger partial charge on any atom is 0.337 e. The highest BCUT2D eigenvalue weighted by molar-refractivity contribution is 7.92. The molecule has 0 bridgehead atoms. The molecule has 1 N–H and O–H groups in total. The molecule has 0 atom stereocenters. The van der Waals surface area contributed by atoms with E-state index in [2.05, 4.69) is 10.1 Å². The van der Waals surface area contributed by atoms with Gasteiger partial charge in [0, 0.05) is 5.69 Å². The molecule has 0 saturated carbocycles. The lowest BCUT2D eigenvalue weighted by Gasteiger charge is -2.22. The molecule has 0 unspecified atom stereocenters. The van der Waals surface area contributed by atoms with Crippen LogP contribution in [-0.4, -0.2) is 40.2 Å². The third-order valence-electron chi connectivity index (χ3n) is 3.58. The summed E-state index contributed by atoms with van der Waals surface area (Å²) in [5.74, 6) is -1.09. The Morgan fingerprint density at radius 1 is 1.12 bits per heavy atom. The molecule has 0 heterocycles. The summed E-state index contributed by atoms with van der Waals surface area (Å²) in [6, 6.07) is 13.0. The summed E-state index contributed by atoms with van der Waals surface area (Å²) in [6.07, 6.45) is 0.997. The second-order valence-electron chi connectivity index (χ2n) is 5.73. The maximum atomic E-state index is 12.3. The van der Waals surface area contributed by atoms with Gasteiger partial charge in [-0.15, -0.1) is 0 Å². The summed E-state index contributed by atoms with van der Waals surface area (Å²) >= 11 is 0. The Morgan fingerprint density at radius 3 is 2.35 bits per heavy atom. The number of aryl methyl sites for hydroxylation is 1. The van der Waals surface area contributed by atoms with E-state index in [1.807, 2.05) is 19.1 Å². The maximum absolute atomic E-state index is 12.3. The van der Waals surface area contributed by atoms with Crippen LogP contribution in [0.4, 0.5) is 11.4 Å². The predicted molar refractivity (Wildman–Crippen MR) is 99.8 cm³/mol. The standard InChI is InChI=1S/C18H20N2O5S/c1-13-7-9-15(10-8-13)19-17(21)12-20(26(3,23)24)16-6-4-5-14(11-16)18(22)25-2/h4-11H,12H2,1-3H3,(H,19,21). The molecule has 138 valence electrons. The first-order chi connectivity index (χ1) is 12.2. The van der Waals surface area contributed by atoms with E-state index in [0.29, 0.717) is 5.69 Å². The van der Waals surface area contributed by atoms with Crippen LogP contribution in [0.2, 0.25) is 0 Å². The average Bonchev–Trinajstić information content (AvgIpc) is 2.60. The Balaban J connectivity index is 2.24. The van der Waals surface area contributed by atoms with Crippen molar-refractivity contribution >= 4 is 33.3 Å². The highest BCUT2D eigenvalue weighted by atomic mass is 32.2. The van der Waals surface area contributed by atoms with Crippen molar-refractivity contribution in [2.24, 2.45) is 0 Å². The van der Waals surface area contributed by atoms with Gasteiger partial charge in [0.25, 0.3) is 0 Å². The zero-order chi connectivity index (χ0) is 19.3. The van der Waals surface area contributed by atoms with Crippen LogP contribution in [0.5, 0.6) is 0 Å². The molecule has 2 aromatic carbocycles. The summed E-state index contributed by atoms with van der Waals surface area (Å²) in [5, 5.41) is 2.65. The largest absolute Gasteiger partial charge is 0.465 e. The number of nitrogens with zero attached hydrogens (tertiary/aromatic N) is 1. The van der Waals surface area contributed by atoms with Crippen LogP contribution < -0.4 is 9.62 Å². The van der Waals surface area contributed by atoms with Crippen molar-refractivity contribution in [1.82, 2.24) is 0 Å². The van der Waals surface area contributed by atoms with Crippen LogP contribution in [0.15, 0.2) is 48.5 Å². The molecule has 0 aliphatic rings. The Bertz CT molecular complexity index is 907. The number of esters is 1. The lowest BCUT2D eigenvalue weighted by Crippen LogP contribution is -2.37. The molecular formula is C18H20N2O5S. The topological polar surface area (TPSA) is 92.8 Å². The van der Waals surface area contributed by atoms with Gasteiger partial charge in [-0.2, -0.15) is 0 Å². The third-order valence-corrected chi connectivity index (χ3v) is 4.72. The molecule has 0 fully saturated rings. The minimum absolute atomic E-state index is 0.192. The van der Waals surface area contributed by atoms with Crippen LogP contribution in [0.1, 0.15) is 15.9 Å². The number of nitrogens with one attached hydrogen (secondary N) is 1. The van der Waals surface area contributed by atoms with Crippen molar-refractivity contribution < 1.29 is 22.7 Å². The number of anilines is 2. The van der Waals surface area contributed by atoms with Gasteiger partial charge in [-0.05, 0) is 37.3 Å². The number of sulfonamides is 1. The van der Waals surface area contributed by atoms with Gasteiger partial charge in [-0.1, -0.05) is 23.8 Å². The summed E-state index contributed by atoms with van der Waals surface area (Å²) < 4.78 is 29.9. The van der Waals surface area contributed by atoms with E-state index in [4.69, 9.17) is 0 Å². The molecular weight excluding hydrogens is 356 g/mol. The average molecular weight is 376 g/mol. The van der Waals surface area contributed by atoms with Crippen LogP contribution in [0.3, 0.4) is 0 Å². The van der Waals surface area contributed by atoms with E-state index in [-0.39, 0.29) is 11.3 Å². The number of hydrogen-bond acceptors (Lipinski definition) is 5. The van der Waals surface area contributed by atoms with Crippen LogP contribution in [0, 0.1) is 6.92 Å². The van der Waals surface area contributed by atoms with Gasteiger partial charge in [0.15, 0.2) is 0 Å². The van der Waals surface area contributed by atoms with Gasteiger partial charge >= 0.3 is 5.97 Å². The fourth-order valence-electron chi connectivity index (χ4n) is 2.27. The van der Waals surface area contributed by atoms with Gasteiger partial charge in [0.05, 0.1) is 24.6 Å². The number of carbonyl (C=O) groups is 2. The number of hydrogen-bond donors (Lipinski definition) is 1. The molecule has 2 aromatic rings. The third kappa shape index (κ3) is 5.06. The first-order valence-corrected chi connectivity index (χ1v) is 9.58. The van der Waals surface area contributed by atoms with Crippen LogP contribution in [-0.2, 0) is 19.6 Å². The minimum atomic E-state index is -3.74. The number of rotatable bonds is 6. The lowest BCUT2D eigenvalue weighted by molar-refractivity contribution is -0.114. The summed E-state index contributed by atoms with van der Waals surface area (Å²) in [4.78, 5) is 24.0. The minimum Gasteiger partial charge on any atom is -0.465 e. The van der Waals surface area contributed by atoms with Gasteiger partial charge in [0.2, 0.25) is 15.9 Å². The Hall–Kier alpha value is -2.87. The molecule has 0 aromatic heterocycles. The quantitative estimate of drug-likeness (QED) is 0.780. The first-order valence-electron chi connectivity index (χ1n) is 7.73. The first kappa shape index (κ1) is 19.5. The number of amides is 1. The van der Waals surface area contributed by atoms with Crippen molar-refractivity contribution in [2.45, 2.75) is 6.92 Å². The second kappa shape index (κ2) is 8.01. The Kier molecular flexibility index (Phi) is 5.99. The molecule has 0 aliphatic carbocycles. The normalized spacial score (nSPS) is 10.9. The van der Waals surface area contributed by atoms with Gasteiger partial charge in [-0.3, -0.25) is 9.10 Å². The van der Waals surface area contributed by atoms with Crippen LogP contribution in [0.25, 0.3) is 0 Å². The van der Waals surface area contributed by atoms with E-state index < -0.39 is 28.4 Å².